The third kappa shape index (κ3) is 3.10. The number of anilines is 1. The largest absolute Gasteiger partial charge is 0.323 e. The Morgan fingerprint density at radius 3 is 2.75 bits per heavy atom. The highest BCUT2D eigenvalue weighted by atomic mass is 79.9. The van der Waals surface area contributed by atoms with Crippen LogP contribution in [-0.4, -0.2) is 15.7 Å². The van der Waals surface area contributed by atoms with Crippen molar-refractivity contribution in [3.8, 4) is 0 Å². The van der Waals surface area contributed by atoms with Gasteiger partial charge in [-0.05, 0) is 30.5 Å². The van der Waals surface area contributed by atoms with Gasteiger partial charge in [-0.15, -0.1) is 0 Å². The van der Waals surface area contributed by atoms with Gasteiger partial charge in [0, 0.05) is 16.6 Å². The molecule has 104 valence electrons. The Morgan fingerprint density at radius 2 is 2.10 bits per heavy atom. The number of carbonyl (C=O) groups is 1. The molecule has 20 heavy (non-hydrogen) atoms. The van der Waals surface area contributed by atoms with E-state index in [0.717, 1.165) is 23.0 Å². The van der Waals surface area contributed by atoms with Crippen molar-refractivity contribution in [1.29, 1.82) is 0 Å². The van der Waals surface area contributed by atoms with E-state index in [1.165, 1.54) is 12.0 Å². The molecule has 1 aromatic carbocycles. The van der Waals surface area contributed by atoms with Crippen LogP contribution in [0.25, 0.3) is 0 Å². The second-order valence-corrected chi connectivity index (χ2v) is 6.09. The Hall–Kier alpha value is -1.62. The van der Waals surface area contributed by atoms with E-state index in [1.54, 1.807) is 6.20 Å². The number of nitrogens with zero attached hydrogens (tertiary/aromatic N) is 2. The quantitative estimate of drug-likeness (QED) is 0.931. The number of carbonyl (C=O) groups excluding carboxylic acids is 1. The molecule has 1 heterocycles. The fourth-order valence-electron chi connectivity index (χ4n) is 2.21. The lowest BCUT2D eigenvalue weighted by molar-refractivity contribution is -0.122. The van der Waals surface area contributed by atoms with Crippen molar-refractivity contribution in [2.24, 2.45) is 5.92 Å². The van der Waals surface area contributed by atoms with Crippen molar-refractivity contribution in [3.63, 3.8) is 0 Å². The molecule has 3 rings (SSSR count). The minimum atomic E-state index is 0.124. The second kappa shape index (κ2) is 5.79. The molecular formula is C15H16BrN3O. The molecule has 0 radical (unpaired) electrons. The Bertz CT molecular complexity index is 602. The van der Waals surface area contributed by atoms with Crippen molar-refractivity contribution >= 4 is 27.5 Å². The highest BCUT2D eigenvalue weighted by Gasteiger charge is 2.25. The van der Waals surface area contributed by atoms with Crippen molar-refractivity contribution in [2.75, 3.05) is 5.32 Å². The number of aromatic nitrogens is 2. The van der Waals surface area contributed by atoms with Crippen LogP contribution in [-0.2, 0) is 11.3 Å². The van der Waals surface area contributed by atoms with Gasteiger partial charge in [-0.1, -0.05) is 34.5 Å². The zero-order chi connectivity index (χ0) is 13.9. The topological polar surface area (TPSA) is 46.9 Å². The lowest BCUT2D eigenvalue weighted by Gasteiger charge is -2.23. The van der Waals surface area contributed by atoms with E-state index in [4.69, 9.17) is 0 Å². The minimum Gasteiger partial charge on any atom is -0.323 e. The van der Waals surface area contributed by atoms with Gasteiger partial charge < -0.3 is 5.32 Å². The van der Waals surface area contributed by atoms with Gasteiger partial charge in [-0.3, -0.25) is 9.48 Å². The normalized spacial score (nSPS) is 14.8. The van der Waals surface area contributed by atoms with E-state index in [0.29, 0.717) is 6.54 Å². The average Bonchev–Trinajstić information content (AvgIpc) is 2.77. The van der Waals surface area contributed by atoms with Gasteiger partial charge in [0.2, 0.25) is 5.91 Å². The maximum absolute atomic E-state index is 11.8. The molecule has 2 aromatic rings. The molecule has 1 amide bonds. The fourth-order valence-corrected chi connectivity index (χ4v) is 2.47. The van der Waals surface area contributed by atoms with E-state index in [9.17, 15) is 4.79 Å². The van der Waals surface area contributed by atoms with Crippen molar-refractivity contribution in [1.82, 2.24) is 9.78 Å². The summed E-state index contributed by atoms with van der Waals surface area (Å²) in [6.45, 7) is 0.701. The highest BCUT2D eigenvalue weighted by Crippen LogP contribution is 2.27. The summed E-state index contributed by atoms with van der Waals surface area (Å²) in [4.78, 5) is 11.8. The first-order chi connectivity index (χ1) is 9.70. The van der Waals surface area contributed by atoms with Gasteiger partial charge in [0.05, 0.1) is 18.4 Å². The van der Waals surface area contributed by atoms with E-state index < -0.39 is 0 Å². The summed E-state index contributed by atoms with van der Waals surface area (Å²) < 4.78 is 2.90. The Labute approximate surface area is 126 Å². The van der Waals surface area contributed by atoms with Crippen LogP contribution in [0.1, 0.15) is 24.8 Å². The summed E-state index contributed by atoms with van der Waals surface area (Å²) >= 11 is 3.42. The molecule has 1 aliphatic carbocycles. The predicted octanol–water partition coefficient (Wildman–Crippen LogP) is 3.43. The van der Waals surface area contributed by atoms with Crippen molar-refractivity contribution < 1.29 is 4.79 Å². The molecule has 0 bridgehead atoms. The number of amides is 1. The van der Waals surface area contributed by atoms with Crippen LogP contribution < -0.4 is 5.32 Å². The molecular weight excluding hydrogens is 318 g/mol. The predicted molar refractivity (Wildman–Crippen MR) is 81.4 cm³/mol. The van der Waals surface area contributed by atoms with Crippen molar-refractivity contribution in [3.05, 3.63) is 46.7 Å². The molecule has 0 spiro atoms. The summed E-state index contributed by atoms with van der Waals surface area (Å²) in [6, 6.07) is 8.13. The first-order valence-corrected chi connectivity index (χ1v) is 7.58. The van der Waals surface area contributed by atoms with Crippen LogP contribution in [0.3, 0.4) is 0 Å². The molecule has 0 aliphatic heterocycles. The van der Waals surface area contributed by atoms with Crippen LogP contribution >= 0.6 is 15.9 Å². The first-order valence-electron chi connectivity index (χ1n) is 6.78. The molecule has 0 saturated heterocycles. The summed E-state index contributed by atoms with van der Waals surface area (Å²) in [6.07, 6.45) is 6.77. The highest BCUT2D eigenvalue weighted by molar-refractivity contribution is 9.10. The Kier molecular flexibility index (Phi) is 3.87. The number of hydrogen-bond donors (Lipinski definition) is 1. The van der Waals surface area contributed by atoms with Gasteiger partial charge in [0.1, 0.15) is 0 Å². The van der Waals surface area contributed by atoms with E-state index in [2.05, 4.69) is 38.5 Å². The summed E-state index contributed by atoms with van der Waals surface area (Å²) in [5, 5.41) is 7.21. The maximum atomic E-state index is 11.8. The lowest BCUT2D eigenvalue weighted by Crippen LogP contribution is -2.27. The number of benzene rings is 1. The molecule has 5 heteroatoms. The number of nitrogens with one attached hydrogen (secondary N) is 1. The average molecular weight is 334 g/mol. The molecule has 1 aromatic heterocycles. The molecule has 1 saturated carbocycles. The first kappa shape index (κ1) is 13.4. The number of hydrogen-bond acceptors (Lipinski definition) is 2. The van der Waals surface area contributed by atoms with E-state index in [-0.39, 0.29) is 11.8 Å². The van der Waals surface area contributed by atoms with E-state index >= 15 is 0 Å². The molecule has 1 fully saturated rings. The van der Waals surface area contributed by atoms with Gasteiger partial charge in [0.25, 0.3) is 0 Å². The smallest absolute Gasteiger partial charge is 0.227 e. The second-order valence-electron chi connectivity index (χ2n) is 5.17. The fraction of sp³-hybridized carbons (Fsp3) is 0.333. The molecule has 4 nitrogen and oxygen atoms in total. The van der Waals surface area contributed by atoms with Crippen LogP contribution in [0.5, 0.6) is 0 Å². The van der Waals surface area contributed by atoms with Gasteiger partial charge in [0.15, 0.2) is 0 Å². The van der Waals surface area contributed by atoms with Crippen LogP contribution in [0.4, 0.5) is 5.69 Å². The van der Waals surface area contributed by atoms with Crippen LogP contribution in [0.15, 0.2) is 41.1 Å². The Balaban J connectivity index is 1.61. The molecule has 1 N–H and O–H groups in total. The minimum absolute atomic E-state index is 0.124. The van der Waals surface area contributed by atoms with Crippen molar-refractivity contribution in [2.45, 2.75) is 25.8 Å². The zero-order valence-electron chi connectivity index (χ0n) is 11.1. The monoisotopic (exact) mass is 333 g/mol. The number of halogens is 1. The van der Waals surface area contributed by atoms with Crippen LogP contribution in [0.2, 0.25) is 0 Å². The van der Waals surface area contributed by atoms with Gasteiger partial charge in [-0.2, -0.15) is 5.10 Å². The third-order valence-corrected chi connectivity index (χ3v) is 4.16. The summed E-state index contributed by atoms with van der Waals surface area (Å²) in [5.74, 6) is 0.323. The summed E-state index contributed by atoms with van der Waals surface area (Å²) in [7, 11) is 0. The molecule has 0 unspecified atom stereocenters. The van der Waals surface area contributed by atoms with Gasteiger partial charge in [-0.25, -0.2) is 0 Å². The number of rotatable bonds is 4. The molecule has 1 aliphatic rings. The Morgan fingerprint density at radius 1 is 1.35 bits per heavy atom. The standard InChI is InChI=1S/C15H16BrN3O/c16-13-6-4-11(5-7-13)9-19-10-14(8-17-19)18-15(20)12-2-1-3-12/h4-8,10,12H,1-3,9H2,(H,18,20). The SMILES string of the molecule is O=C(Nc1cnn(Cc2ccc(Br)cc2)c1)C1CCC1. The zero-order valence-corrected chi connectivity index (χ0v) is 12.6. The molecule has 0 atom stereocenters. The maximum Gasteiger partial charge on any atom is 0.227 e. The lowest BCUT2D eigenvalue weighted by atomic mass is 9.85. The van der Waals surface area contributed by atoms with Gasteiger partial charge >= 0.3 is 0 Å². The third-order valence-electron chi connectivity index (χ3n) is 3.63. The van der Waals surface area contributed by atoms with E-state index in [1.807, 2.05) is 23.0 Å². The summed E-state index contributed by atoms with van der Waals surface area (Å²) in [5.41, 5.74) is 1.95. The van der Waals surface area contributed by atoms with Crippen LogP contribution in [0, 0.1) is 5.92 Å².